The second kappa shape index (κ2) is 7.37. The molecule has 0 saturated heterocycles. The number of hydrogen-bond donors (Lipinski definition) is 1. The van der Waals surface area contributed by atoms with Gasteiger partial charge in [-0.25, -0.2) is 0 Å². The van der Waals surface area contributed by atoms with E-state index in [-0.39, 0.29) is 0 Å². The number of nitrogens with one attached hydrogen (secondary N) is 1. The number of unbranched alkanes of at least 4 members (excludes halogenated alkanes) is 1. The van der Waals surface area contributed by atoms with Crippen molar-refractivity contribution in [3.8, 4) is 0 Å². The summed E-state index contributed by atoms with van der Waals surface area (Å²) in [6.07, 6.45) is 4.07. The molecule has 0 spiro atoms. The van der Waals surface area contributed by atoms with E-state index in [2.05, 4.69) is 39.9 Å². The molecule has 1 heteroatoms. The van der Waals surface area contributed by atoms with Crippen LogP contribution >= 0.6 is 0 Å². The second-order valence-corrected chi connectivity index (χ2v) is 4.40. The minimum atomic E-state index is 0.677. The van der Waals surface area contributed by atoms with Crippen LogP contribution in [-0.2, 0) is 0 Å². The maximum Gasteiger partial charge on any atom is 0.00693 e. The first-order valence-corrected chi connectivity index (χ1v) is 5.86. The lowest BCUT2D eigenvalue weighted by Crippen LogP contribution is -2.36. The Balaban J connectivity index is 3.91. The van der Waals surface area contributed by atoms with E-state index in [0.29, 0.717) is 6.04 Å². The molecule has 1 nitrogen and oxygen atoms in total. The lowest BCUT2D eigenvalue weighted by Gasteiger charge is -2.28. The quantitative estimate of drug-likeness (QED) is 0.640. The van der Waals surface area contributed by atoms with Gasteiger partial charge >= 0.3 is 0 Å². The molecule has 13 heavy (non-hydrogen) atoms. The largest absolute Gasteiger partial charge is 0.314 e. The van der Waals surface area contributed by atoms with Crippen LogP contribution in [-0.4, -0.2) is 12.6 Å². The van der Waals surface area contributed by atoms with Crippen molar-refractivity contribution >= 4 is 0 Å². The summed E-state index contributed by atoms with van der Waals surface area (Å²) in [5.74, 6) is 1.65. The minimum Gasteiger partial charge on any atom is -0.314 e. The molecule has 0 bridgehead atoms. The first-order valence-electron chi connectivity index (χ1n) is 5.86. The topological polar surface area (TPSA) is 12.0 Å². The van der Waals surface area contributed by atoms with Crippen molar-refractivity contribution in [2.45, 2.75) is 59.9 Å². The van der Waals surface area contributed by atoms with Crippen LogP contribution in [0, 0.1) is 11.8 Å². The van der Waals surface area contributed by atoms with Gasteiger partial charge in [0.25, 0.3) is 0 Å². The maximum absolute atomic E-state index is 3.54. The smallest absolute Gasteiger partial charge is 0.00693 e. The molecule has 0 saturated carbocycles. The fraction of sp³-hybridized carbons (Fsp3) is 1.00. The summed E-state index contributed by atoms with van der Waals surface area (Å²) in [7, 11) is 0. The number of hydrogen-bond acceptors (Lipinski definition) is 1. The van der Waals surface area contributed by atoms with Gasteiger partial charge in [0, 0.05) is 6.04 Å². The van der Waals surface area contributed by atoms with Crippen LogP contribution in [0.4, 0.5) is 0 Å². The van der Waals surface area contributed by atoms with Gasteiger partial charge in [0.1, 0.15) is 0 Å². The van der Waals surface area contributed by atoms with E-state index in [9.17, 15) is 0 Å². The summed E-state index contributed by atoms with van der Waals surface area (Å²) in [5.41, 5.74) is 0. The summed E-state index contributed by atoms with van der Waals surface area (Å²) in [6, 6.07) is 0.677. The summed E-state index contributed by atoms with van der Waals surface area (Å²) in [4.78, 5) is 0. The third kappa shape index (κ3) is 5.30. The molecular weight excluding hydrogens is 158 g/mol. The van der Waals surface area contributed by atoms with Gasteiger partial charge in [0.2, 0.25) is 0 Å². The highest BCUT2D eigenvalue weighted by Gasteiger charge is 2.18. The van der Waals surface area contributed by atoms with E-state index < -0.39 is 0 Å². The molecule has 2 unspecified atom stereocenters. The molecule has 0 aromatic carbocycles. The van der Waals surface area contributed by atoms with Crippen LogP contribution in [0.15, 0.2) is 0 Å². The average molecular weight is 185 g/mol. The molecule has 80 valence electrons. The first kappa shape index (κ1) is 13.0. The van der Waals surface area contributed by atoms with Crippen molar-refractivity contribution in [3.05, 3.63) is 0 Å². The zero-order chi connectivity index (χ0) is 10.3. The molecule has 0 aliphatic carbocycles. The minimum absolute atomic E-state index is 0.677. The molecule has 2 atom stereocenters. The standard InChI is InChI=1S/C12H27N/c1-6-8-9-12(10(3)4)11(5)13-7-2/h10-13H,6-9H2,1-5H3. The van der Waals surface area contributed by atoms with Crippen LogP contribution in [0.3, 0.4) is 0 Å². The third-order valence-corrected chi connectivity index (χ3v) is 2.92. The zero-order valence-electron chi connectivity index (χ0n) is 10.1. The first-order chi connectivity index (χ1) is 6.13. The molecule has 0 aromatic rings. The Morgan fingerprint density at radius 2 is 1.69 bits per heavy atom. The van der Waals surface area contributed by atoms with E-state index in [0.717, 1.165) is 18.4 Å². The highest BCUT2D eigenvalue weighted by molar-refractivity contribution is 4.74. The van der Waals surface area contributed by atoms with Crippen molar-refractivity contribution in [2.75, 3.05) is 6.54 Å². The van der Waals surface area contributed by atoms with Crippen molar-refractivity contribution < 1.29 is 0 Å². The van der Waals surface area contributed by atoms with Gasteiger partial charge in [-0.3, -0.25) is 0 Å². The summed E-state index contributed by atoms with van der Waals surface area (Å²) in [5, 5.41) is 3.54. The van der Waals surface area contributed by atoms with Crippen molar-refractivity contribution in [1.82, 2.24) is 5.32 Å². The van der Waals surface area contributed by atoms with Gasteiger partial charge in [-0.15, -0.1) is 0 Å². The van der Waals surface area contributed by atoms with E-state index in [1.54, 1.807) is 0 Å². The van der Waals surface area contributed by atoms with Crippen molar-refractivity contribution in [3.63, 3.8) is 0 Å². The molecule has 0 aliphatic rings. The predicted octanol–water partition coefficient (Wildman–Crippen LogP) is 3.45. The van der Waals surface area contributed by atoms with Gasteiger partial charge in [-0.05, 0) is 31.7 Å². The molecule has 0 aromatic heterocycles. The van der Waals surface area contributed by atoms with Crippen LogP contribution in [0.5, 0.6) is 0 Å². The fourth-order valence-corrected chi connectivity index (χ4v) is 2.07. The summed E-state index contributed by atoms with van der Waals surface area (Å²) < 4.78 is 0. The van der Waals surface area contributed by atoms with E-state index in [1.165, 1.54) is 19.3 Å². The Kier molecular flexibility index (Phi) is 7.35. The molecule has 1 N–H and O–H groups in total. The summed E-state index contributed by atoms with van der Waals surface area (Å²) >= 11 is 0. The van der Waals surface area contributed by atoms with Gasteiger partial charge < -0.3 is 5.32 Å². The zero-order valence-corrected chi connectivity index (χ0v) is 10.1. The Morgan fingerprint density at radius 1 is 1.08 bits per heavy atom. The van der Waals surface area contributed by atoms with E-state index in [1.807, 2.05) is 0 Å². The molecule has 0 radical (unpaired) electrons. The van der Waals surface area contributed by atoms with Gasteiger partial charge in [0.15, 0.2) is 0 Å². The van der Waals surface area contributed by atoms with Crippen molar-refractivity contribution in [1.29, 1.82) is 0 Å². The molecule has 0 aliphatic heterocycles. The Labute approximate surface area is 84.3 Å². The Hall–Kier alpha value is -0.0400. The fourth-order valence-electron chi connectivity index (χ4n) is 2.07. The third-order valence-electron chi connectivity index (χ3n) is 2.92. The van der Waals surface area contributed by atoms with Gasteiger partial charge in [-0.2, -0.15) is 0 Å². The van der Waals surface area contributed by atoms with Crippen LogP contribution in [0.25, 0.3) is 0 Å². The van der Waals surface area contributed by atoms with Crippen LogP contribution in [0.1, 0.15) is 53.9 Å². The Bertz CT molecular complexity index is 110. The van der Waals surface area contributed by atoms with E-state index >= 15 is 0 Å². The lowest BCUT2D eigenvalue weighted by atomic mass is 9.85. The maximum atomic E-state index is 3.54. The lowest BCUT2D eigenvalue weighted by molar-refractivity contribution is 0.270. The monoisotopic (exact) mass is 185 g/mol. The highest BCUT2D eigenvalue weighted by atomic mass is 14.9. The SMILES string of the molecule is CCCCC(C(C)C)C(C)NCC. The molecule has 0 amide bonds. The van der Waals surface area contributed by atoms with Gasteiger partial charge in [-0.1, -0.05) is 40.5 Å². The Morgan fingerprint density at radius 3 is 2.08 bits per heavy atom. The molecule has 0 rings (SSSR count). The molecular formula is C12H27N. The summed E-state index contributed by atoms with van der Waals surface area (Å²) in [6.45, 7) is 12.6. The molecule has 0 heterocycles. The molecule has 0 fully saturated rings. The van der Waals surface area contributed by atoms with Crippen LogP contribution < -0.4 is 5.32 Å². The average Bonchev–Trinajstić information content (AvgIpc) is 2.05. The van der Waals surface area contributed by atoms with Crippen molar-refractivity contribution in [2.24, 2.45) is 11.8 Å². The predicted molar refractivity (Wildman–Crippen MR) is 61.0 cm³/mol. The normalized spacial score (nSPS) is 16.2. The van der Waals surface area contributed by atoms with Crippen LogP contribution in [0.2, 0.25) is 0 Å². The highest BCUT2D eigenvalue weighted by Crippen LogP contribution is 2.21. The number of rotatable bonds is 7. The second-order valence-electron chi connectivity index (χ2n) is 4.40. The van der Waals surface area contributed by atoms with Gasteiger partial charge in [0.05, 0.1) is 0 Å². The van der Waals surface area contributed by atoms with E-state index in [4.69, 9.17) is 0 Å².